The van der Waals surface area contributed by atoms with E-state index in [1.54, 1.807) is 17.2 Å². The summed E-state index contributed by atoms with van der Waals surface area (Å²) in [5.74, 6) is -1.48. The van der Waals surface area contributed by atoms with E-state index in [2.05, 4.69) is 15.0 Å². The minimum Gasteiger partial charge on any atom is -0.491 e. The Labute approximate surface area is 258 Å². The maximum atomic E-state index is 15.4. The number of nitriles is 1. The van der Waals surface area contributed by atoms with E-state index in [1.165, 1.54) is 31.0 Å². The Morgan fingerprint density at radius 2 is 1.96 bits per heavy atom. The number of benzene rings is 1. The van der Waals surface area contributed by atoms with E-state index in [0.29, 0.717) is 36.3 Å². The van der Waals surface area contributed by atoms with Crippen molar-refractivity contribution in [3.05, 3.63) is 77.0 Å². The van der Waals surface area contributed by atoms with Crippen LogP contribution in [-0.4, -0.2) is 68.1 Å². The summed E-state index contributed by atoms with van der Waals surface area (Å²) in [6.07, 6.45) is 5.60. The summed E-state index contributed by atoms with van der Waals surface area (Å²) in [7, 11) is 0. The van der Waals surface area contributed by atoms with Gasteiger partial charge in [0.25, 0.3) is 5.91 Å². The predicted molar refractivity (Wildman–Crippen MR) is 163 cm³/mol. The summed E-state index contributed by atoms with van der Waals surface area (Å²) in [6, 6.07) is 10.0. The van der Waals surface area contributed by atoms with Gasteiger partial charge < -0.3 is 24.8 Å². The maximum absolute atomic E-state index is 15.4. The van der Waals surface area contributed by atoms with Gasteiger partial charge in [0.05, 0.1) is 24.8 Å². The lowest BCUT2D eigenvalue weighted by Gasteiger charge is -2.25. The molecular formula is C33H31FN6O5. The van der Waals surface area contributed by atoms with Crippen molar-refractivity contribution in [2.75, 3.05) is 31.1 Å². The molecule has 5 heterocycles. The summed E-state index contributed by atoms with van der Waals surface area (Å²) in [6.45, 7) is 3.59. The summed E-state index contributed by atoms with van der Waals surface area (Å²) < 4.78 is 21.1. The van der Waals surface area contributed by atoms with Crippen molar-refractivity contribution in [1.82, 2.24) is 19.9 Å². The molecule has 11 nitrogen and oxygen atoms in total. The van der Waals surface area contributed by atoms with E-state index in [4.69, 9.17) is 10.00 Å². The van der Waals surface area contributed by atoms with Gasteiger partial charge in [-0.15, -0.1) is 0 Å². The first-order valence-electron chi connectivity index (χ1n) is 14.5. The van der Waals surface area contributed by atoms with Crippen molar-refractivity contribution in [1.29, 1.82) is 5.26 Å². The van der Waals surface area contributed by atoms with E-state index < -0.39 is 23.9 Å². The van der Waals surface area contributed by atoms with Crippen LogP contribution < -0.4 is 9.64 Å². The lowest BCUT2D eigenvalue weighted by molar-refractivity contribution is -0.129. The zero-order valence-electron chi connectivity index (χ0n) is 24.8. The SMILES string of the molecule is CC(C)(O)c1cc(F)c2c(c1)OCCN(c1nccc(-c3ccnc4[nH]c(C5=CCN(C(=O)CC#N)CC5)cc34)c1CO)C2=O. The average Bonchev–Trinajstić information content (AvgIpc) is 3.39. The monoisotopic (exact) mass is 610 g/mol. The first kappa shape index (κ1) is 29.9. The molecular weight excluding hydrogens is 579 g/mol. The Bertz CT molecular complexity index is 1900. The van der Waals surface area contributed by atoms with Gasteiger partial charge in [0, 0.05) is 42.1 Å². The fraction of sp³-hybridized carbons (Fsp3) is 0.303. The topological polar surface area (TPSA) is 156 Å². The zero-order chi connectivity index (χ0) is 31.9. The van der Waals surface area contributed by atoms with Crippen molar-refractivity contribution in [2.24, 2.45) is 0 Å². The summed E-state index contributed by atoms with van der Waals surface area (Å²) in [5.41, 5.74) is 2.89. The Balaban J connectivity index is 1.37. The third-order valence-electron chi connectivity index (χ3n) is 8.20. The van der Waals surface area contributed by atoms with Crippen LogP contribution in [0.1, 0.15) is 53.9 Å². The lowest BCUT2D eigenvalue weighted by Crippen LogP contribution is -2.34. The number of pyridine rings is 2. The molecule has 230 valence electrons. The van der Waals surface area contributed by atoms with Gasteiger partial charge in [-0.3, -0.25) is 14.5 Å². The number of carbonyl (C=O) groups is 2. The molecule has 4 aromatic rings. The van der Waals surface area contributed by atoms with Crippen molar-refractivity contribution in [3.8, 4) is 22.9 Å². The van der Waals surface area contributed by atoms with Crippen LogP contribution in [0.3, 0.4) is 0 Å². The normalized spacial score (nSPS) is 15.3. The number of ether oxygens (including phenoxy) is 1. The van der Waals surface area contributed by atoms with Crippen LogP contribution in [0.2, 0.25) is 0 Å². The van der Waals surface area contributed by atoms with Gasteiger partial charge in [0.2, 0.25) is 5.91 Å². The highest BCUT2D eigenvalue weighted by Gasteiger charge is 2.33. The highest BCUT2D eigenvalue weighted by atomic mass is 19.1. The molecule has 0 atom stereocenters. The number of aliphatic hydroxyl groups is 2. The molecule has 0 bridgehead atoms. The van der Waals surface area contributed by atoms with E-state index in [-0.39, 0.29) is 48.2 Å². The number of aromatic nitrogens is 3. The van der Waals surface area contributed by atoms with Gasteiger partial charge in [-0.1, -0.05) is 6.08 Å². The van der Waals surface area contributed by atoms with Crippen molar-refractivity contribution in [3.63, 3.8) is 0 Å². The fourth-order valence-electron chi connectivity index (χ4n) is 5.82. The number of nitrogens with one attached hydrogen (secondary N) is 1. The van der Waals surface area contributed by atoms with Gasteiger partial charge in [-0.05, 0) is 72.9 Å². The quantitative estimate of drug-likeness (QED) is 0.295. The minimum absolute atomic E-state index is 0.0339. The third kappa shape index (κ3) is 5.52. The predicted octanol–water partition coefficient (Wildman–Crippen LogP) is 4.05. The molecule has 0 radical (unpaired) electrons. The number of halogens is 1. The summed E-state index contributed by atoms with van der Waals surface area (Å²) in [5, 5.41) is 30.6. The molecule has 45 heavy (non-hydrogen) atoms. The molecule has 2 aliphatic rings. The molecule has 1 aromatic carbocycles. The van der Waals surface area contributed by atoms with Crippen LogP contribution in [-0.2, 0) is 17.0 Å². The molecule has 0 aliphatic carbocycles. The van der Waals surface area contributed by atoms with Crippen molar-refractivity contribution < 1.29 is 28.9 Å². The van der Waals surface area contributed by atoms with E-state index in [1.807, 2.05) is 24.3 Å². The van der Waals surface area contributed by atoms with Crippen LogP contribution in [0.5, 0.6) is 5.75 Å². The van der Waals surface area contributed by atoms with E-state index in [9.17, 15) is 19.8 Å². The number of carbonyl (C=O) groups excluding carboxylic acids is 2. The molecule has 3 aromatic heterocycles. The number of nitrogens with zero attached hydrogens (tertiary/aromatic N) is 5. The van der Waals surface area contributed by atoms with Gasteiger partial charge >= 0.3 is 0 Å². The van der Waals surface area contributed by atoms with Gasteiger partial charge in [-0.25, -0.2) is 14.4 Å². The molecule has 6 rings (SSSR count). The molecule has 0 saturated heterocycles. The largest absolute Gasteiger partial charge is 0.491 e. The summed E-state index contributed by atoms with van der Waals surface area (Å²) >= 11 is 0. The van der Waals surface area contributed by atoms with Gasteiger partial charge in [0.15, 0.2) is 0 Å². The number of hydrogen-bond acceptors (Lipinski definition) is 8. The number of aliphatic hydroxyl groups excluding tert-OH is 1. The highest BCUT2D eigenvalue weighted by molar-refractivity contribution is 6.09. The molecule has 3 N–H and O–H groups in total. The second-order valence-corrected chi connectivity index (χ2v) is 11.5. The Morgan fingerprint density at radius 1 is 1.18 bits per heavy atom. The Kier molecular flexibility index (Phi) is 7.82. The molecule has 0 spiro atoms. The number of fused-ring (bicyclic) bond motifs is 2. The molecule has 0 fully saturated rings. The molecule has 12 heteroatoms. The highest BCUT2D eigenvalue weighted by Crippen LogP contribution is 2.38. The number of hydrogen-bond donors (Lipinski definition) is 3. The number of H-pyrrole nitrogens is 1. The molecule has 0 unspecified atom stereocenters. The van der Waals surface area contributed by atoms with E-state index >= 15 is 4.39 Å². The maximum Gasteiger partial charge on any atom is 0.266 e. The third-order valence-corrected chi connectivity index (χ3v) is 8.20. The summed E-state index contributed by atoms with van der Waals surface area (Å²) in [4.78, 5) is 41.2. The first-order valence-corrected chi connectivity index (χ1v) is 14.5. The zero-order valence-corrected chi connectivity index (χ0v) is 24.8. The molecule has 0 saturated carbocycles. The first-order chi connectivity index (χ1) is 21.6. The number of aromatic amines is 1. The standard InChI is InChI=1S/C33H31FN6O5/c1-33(2,44)20-15-25(34)29-27(16-20)45-14-13-40(32(29)43)31-24(18-41)22(5-10-37-31)21-4-9-36-30-23(21)17-26(38-30)19-6-11-39(12-7-19)28(42)3-8-35/h4-6,9-10,15-17,41,44H,3,7,11-14,18H2,1-2H3,(H,36,38). The number of rotatable bonds is 6. The second kappa shape index (κ2) is 11.8. The van der Waals surface area contributed by atoms with Crippen LogP contribution in [0.25, 0.3) is 27.7 Å². The van der Waals surface area contributed by atoms with Crippen LogP contribution in [0.15, 0.2) is 48.8 Å². The molecule has 2 amide bonds. The molecule has 2 aliphatic heterocycles. The van der Waals surface area contributed by atoms with Crippen molar-refractivity contribution >= 4 is 34.2 Å². The number of amides is 2. The van der Waals surface area contributed by atoms with Crippen LogP contribution in [0.4, 0.5) is 10.2 Å². The smallest absolute Gasteiger partial charge is 0.266 e. The minimum atomic E-state index is -1.34. The lowest BCUT2D eigenvalue weighted by atomic mass is 9.95. The fourth-order valence-corrected chi connectivity index (χ4v) is 5.82. The Hall–Kier alpha value is -5.12. The van der Waals surface area contributed by atoms with Gasteiger partial charge in [0.1, 0.15) is 41.6 Å². The van der Waals surface area contributed by atoms with Crippen molar-refractivity contribution in [2.45, 2.75) is 38.9 Å². The van der Waals surface area contributed by atoms with Crippen LogP contribution in [0, 0.1) is 17.1 Å². The van der Waals surface area contributed by atoms with Gasteiger partial charge in [-0.2, -0.15) is 5.26 Å². The van der Waals surface area contributed by atoms with E-state index in [0.717, 1.165) is 28.3 Å². The number of anilines is 1. The second-order valence-electron chi connectivity index (χ2n) is 11.5. The average molecular weight is 611 g/mol. The Morgan fingerprint density at radius 3 is 2.67 bits per heavy atom. The van der Waals surface area contributed by atoms with Crippen LogP contribution >= 0.6 is 0 Å².